The summed E-state index contributed by atoms with van der Waals surface area (Å²) in [5.74, 6) is -0.225. The van der Waals surface area contributed by atoms with Gasteiger partial charge in [0.25, 0.3) is 0 Å². The Labute approximate surface area is 146 Å². The zero-order valence-corrected chi connectivity index (χ0v) is 14.4. The number of hydrogen-bond donors (Lipinski definition) is 3. The standard InChI is InChI=1S/C15H19ClN4O2.ClH/c1-17-14(11-7-19-20(2)9-11)15(22)18-8-13(21)10-4-3-5-12(16)6-10;/h3-7,9,13-14,17,21H,8H2,1-2H3,(H,18,22);1H. The molecule has 8 heteroatoms. The van der Waals surface area contributed by atoms with Crippen LogP contribution in [-0.2, 0) is 11.8 Å². The fraction of sp³-hybridized carbons (Fsp3) is 0.333. The average molecular weight is 359 g/mol. The molecule has 1 amide bonds. The van der Waals surface area contributed by atoms with Crippen LogP contribution in [0.15, 0.2) is 36.7 Å². The van der Waals surface area contributed by atoms with E-state index in [4.69, 9.17) is 11.6 Å². The molecular formula is C15H20Cl2N4O2. The third-order valence-corrected chi connectivity index (χ3v) is 3.55. The minimum Gasteiger partial charge on any atom is -0.387 e. The van der Waals surface area contributed by atoms with Crippen molar-refractivity contribution in [2.24, 2.45) is 7.05 Å². The van der Waals surface area contributed by atoms with Crippen LogP contribution in [0.2, 0.25) is 5.02 Å². The summed E-state index contributed by atoms with van der Waals surface area (Å²) in [7, 11) is 3.49. The quantitative estimate of drug-likeness (QED) is 0.732. The topological polar surface area (TPSA) is 79.2 Å². The third kappa shape index (κ3) is 5.21. The number of nitrogens with zero attached hydrogens (tertiary/aromatic N) is 2. The number of rotatable bonds is 6. The lowest BCUT2D eigenvalue weighted by molar-refractivity contribution is -0.123. The highest BCUT2D eigenvalue weighted by molar-refractivity contribution is 6.30. The second-order valence-corrected chi connectivity index (χ2v) is 5.42. The van der Waals surface area contributed by atoms with Gasteiger partial charge in [-0.05, 0) is 24.7 Å². The van der Waals surface area contributed by atoms with Crippen LogP contribution in [0.4, 0.5) is 0 Å². The van der Waals surface area contributed by atoms with Crippen molar-refractivity contribution in [2.75, 3.05) is 13.6 Å². The number of amides is 1. The van der Waals surface area contributed by atoms with Gasteiger partial charge in [0.15, 0.2) is 0 Å². The summed E-state index contributed by atoms with van der Waals surface area (Å²) in [6.07, 6.45) is 2.59. The Morgan fingerprint density at radius 2 is 2.17 bits per heavy atom. The molecule has 0 aliphatic heterocycles. The highest BCUT2D eigenvalue weighted by atomic mass is 35.5. The molecule has 1 heterocycles. The molecule has 0 spiro atoms. The summed E-state index contributed by atoms with van der Waals surface area (Å²) >= 11 is 5.89. The Balaban J connectivity index is 0.00000264. The molecule has 3 N–H and O–H groups in total. The van der Waals surface area contributed by atoms with E-state index in [9.17, 15) is 9.90 Å². The first kappa shape index (κ1) is 19.4. The number of benzene rings is 1. The minimum absolute atomic E-state index is 0. The maximum absolute atomic E-state index is 12.2. The molecular weight excluding hydrogens is 339 g/mol. The highest BCUT2D eigenvalue weighted by Crippen LogP contribution is 2.17. The second-order valence-electron chi connectivity index (χ2n) is 4.98. The van der Waals surface area contributed by atoms with Gasteiger partial charge < -0.3 is 15.7 Å². The lowest BCUT2D eigenvalue weighted by atomic mass is 10.1. The summed E-state index contributed by atoms with van der Waals surface area (Å²) in [4.78, 5) is 12.2. The molecule has 6 nitrogen and oxygen atoms in total. The number of hydrogen-bond acceptors (Lipinski definition) is 4. The number of halogens is 2. The first-order valence-electron chi connectivity index (χ1n) is 6.88. The molecule has 23 heavy (non-hydrogen) atoms. The average Bonchev–Trinajstić information content (AvgIpc) is 2.91. The van der Waals surface area contributed by atoms with Crippen LogP contribution in [0.3, 0.4) is 0 Å². The van der Waals surface area contributed by atoms with Gasteiger partial charge in [0, 0.05) is 30.4 Å². The lowest BCUT2D eigenvalue weighted by Crippen LogP contribution is -2.37. The molecule has 2 rings (SSSR count). The number of aromatic nitrogens is 2. The van der Waals surface area contributed by atoms with Crippen molar-refractivity contribution in [3.63, 3.8) is 0 Å². The molecule has 0 saturated heterocycles. The molecule has 2 unspecified atom stereocenters. The van der Waals surface area contributed by atoms with Crippen molar-refractivity contribution < 1.29 is 9.90 Å². The van der Waals surface area contributed by atoms with Crippen molar-refractivity contribution in [1.29, 1.82) is 0 Å². The summed E-state index contributed by atoms with van der Waals surface area (Å²) in [5.41, 5.74) is 1.43. The van der Waals surface area contributed by atoms with Crippen molar-refractivity contribution in [1.82, 2.24) is 20.4 Å². The molecule has 1 aromatic carbocycles. The van der Waals surface area contributed by atoms with Gasteiger partial charge in [-0.3, -0.25) is 9.48 Å². The molecule has 2 atom stereocenters. The van der Waals surface area contributed by atoms with Crippen LogP contribution >= 0.6 is 24.0 Å². The van der Waals surface area contributed by atoms with Crippen LogP contribution in [0, 0.1) is 0 Å². The van der Waals surface area contributed by atoms with Crippen LogP contribution in [-0.4, -0.2) is 34.4 Å². The molecule has 1 aromatic heterocycles. The normalized spacial score (nSPS) is 13.0. The zero-order chi connectivity index (χ0) is 16.1. The van der Waals surface area contributed by atoms with E-state index in [-0.39, 0.29) is 24.9 Å². The fourth-order valence-corrected chi connectivity index (χ4v) is 2.37. The van der Waals surface area contributed by atoms with E-state index in [2.05, 4.69) is 15.7 Å². The maximum atomic E-state index is 12.2. The Morgan fingerprint density at radius 3 is 2.74 bits per heavy atom. The molecule has 126 valence electrons. The monoisotopic (exact) mass is 358 g/mol. The Kier molecular flexibility index (Phi) is 7.51. The lowest BCUT2D eigenvalue weighted by Gasteiger charge is -2.17. The van der Waals surface area contributed by atoms with Gasteiger partial charge in [0.2, 0.25) is 5.91 Å². The van der Waals surface area contributed by atoms with Gasteiger partial charge in [-0.1, -0.05) is 23.7 Å². The maximum Gasteiger partial charge on any atom is 0.241 e. The smallest absolute Gasteiger partial charge is 0.241 e. The Hall–Kier alpha value is -1.60. The van der Waals surface area contributed by atoms with Crippen LogP contribution in [0.5, 0.6) is 0 Å². The van der Waals surface area contributed by atoms with E-state index >= 15 is 0 Å². The second kappa shape index (κ2) is 8.88. The number of aliphatic hydroxyl groups excluding tert-OH is 1. The van der Waals surface area contributed by atoms with E-state index in [1.165, 1.54) is 0 Å². The third-order valence-electron chi connectivity index (χ3n) is 3.31. The van der Waals surface area contributed by atoms with E-state index < -0.39 is 12.1 Å². The first-order valence-corrected chi connectivity index (χ1v) is 7.26. The highest BCUT2D eigenvalue weighted by Gasteiger charge is 2.20. The van der Waals surface area contributed by atoms with Crippen molar-refractivity contribution in [2.45, 2.75) is 12.1 Å². The van der Waals surface area contributed by atoms with Crippen LogP contribution in [0.1, 0.15) is 23.3 Å². The van der Waals surface area contributed by atoms with Crippen molar-refractivity contribution >= 4 is 29.9 Å². The largest absolute Gasteiger partial charge is 0.387 e. The molecule has 2 aromatic rings. The van der Waals surface area contributed by atoms with Gasteiger partial charge in [0.1, 0.15) is 6.04 Å². The first-order chi connectivity index (χ1) is 10.5. The van der Waals surface area contributed by atoms with Gasteiger partial charge in [-0.15, -0.1) is 12.4 Å². The summed E-state index contributed by atoms with van der Waals surface area (Å²) in [5, 5.41) is 20.4. The zero-order valence-electron chi connectivity index (χ0n) is 12.9. The fourth-order valence-electron chi connectivity index (χ4n) is 2.17. The number of likely N-dealkylation sites (N-methyl/N-ethyl adjacent to an activating group) is 1. The number of nitrogens with one attached hydrogen (secondary N) is 2. The molecule has 0 bridgehead atoms. The van der Waals surface area contributed by atoms with Gasteiger partial charge >= 0.3 is 0 Å². The molecule has 0 saturated carbocycles. The summed E-state index contributed by atoms with van der Waals surface area (Å²) < 4.78 is 1.63. The van der Waals surface area contributed by atoms with E-state index in [1.54, 1.807) is 55.4 Å². The SMILES string of the molecule is CNC(C(=O)NCC(O)c1cccc(Cl)c1)c1cnn(C)c1.Cl. The van der Waals surface area contributed by atoms with Gasteiger partial charge in [-0.2, -0.15) is 5.10 Å². The Morgan fingerprint density at radius 1 is 1.43 bits per heavy atom. The number of carbonyl (C=O) groups excluding carboxylic acids is 1. The minimum atomic E-state index is -0.811. The van der Waals surface area contributed by atoms with Gasteiger partial charge in [0.05, 0.1) is 12.3 Å². The van der Waals surface area contributed by atoms with Crippen LogP contribution in [0.25, 0.3) is 0 Å². The predicted octanol–water partition coefficient (Wildman–Crippen LogP) is 1.61. The van der Waals surface area contributed by atoms with E-state index in [0.717, 1.165) is 5.56 Å². The number of aliphatic hydroxyl groups is 1. The molecule has 0 radical (unpaired) electrons. The van der Waals surface area contributed by atoms with E-state index in [1.807, 2.05) is 0 Å². The Bertz CT molecular complexity index is 648. The summed E-state index contributed by atoms with van der Waals surface area (Å²) in [6.45, 7) is 0.109. The predicted molar refractivity (Wildman–Crippen MR) is 91.7 cm³/mol. The molecule has 0 fully saturated rings. The molecule has 0 aliphatic carbocycles. The van der Waals surface area contributed by atoms with E-state index in [0.29, 0.717) is 10.6 Å². The van der Waals surface area contributed by atoms with Crippen LogP contribution < -0.4 is 10.6 Å². The number of carbonyl (C=O) groups is 1. The van der Waals surface area contributed by atoms with Crippen molar-refractivity contribution in [3.8, 4) is 0 Å². The van der Waals surface area contributed by atoms with Gasteiger partial charge in [-0.25, -0.2) is 0 Å². The number of aryl methyl sites for hydroxylation is 1. The summed E-state index contributed by atoms with van der Waals surface area (Å²) in [6, 6.07) is 6.42. The molecule has 0 aliphatic rings. The van der Waals surface area contributed by atoms with Crippen molar-refractivity contribution in [3.05, 3.63) is 52.8 Å².